The van der Waals surface area contributed by atoms with Gasteiger partial charge in [0.05, 0.1) is 0 Å². The van der Waals surface area contributed by atoms with Crippen LogP contribution in [0.4, 0.5) is 5.69 Å². The molecule has 1 amide bonds. The predicted octanol–water partition coefficient (Wildman–Crippen LogP) is 4.08. The number of amides is 1. The Kier molecular flexibility index (Phi) is 3.26. The number of carbonyl (C=O) groups is 1. The van der Waals surface area contributed by atoms with Crippen molar-refractivity contribution >= 4 is 23.2 Å². The molecular formula is C16H14ClNO. The lowest BCUT2D eigenvalue weighted by Gasteiger charge is -2.05. The van der Waals surface area contributed by atoms with E-state index in [0.717, 1.165) is 12.1 Å². The van der Waals surface area contributed by atoms with Crippen LogP contribution in [-0.2, 0) is 4.79 Å². The van der Waals surface area contributed by atoms with Gasteiger partial charge in [-0.1, -0.05) is 41.9 Å². The minimum absolute atomic E-state index is 0.0937. The summed E-state index contributed by atoms with van der Waals surface area (Å²) in [6, 6.07) is 17.4. The van der Waals surface area contributed by atoms with Crippen LogP contribution in [0, 0.1) is 5.92 Å². The molecule has 2 atom stereocenters. The Morgan fingerprint density at radius 2 is 1.74 bits per heavy atom. The van der Waals surface area contributed by atoms with Crippen molar-refractivity contribution in [3.63, 3.8) is 0 Å². The summed E-state index contributed by atoms with van der Waals surface area (Å²) < 4.78 is 0. The van der Waals surface area contributed by atoms with E-state index in [9.17, 15) is 4.79 Å². The van der Waals surface area contributed by atoms with Crippen LogP contribution in [0.15, 0.2) is 54.6 Å². The van der Waals surface area contributed by atoms with Gasteiger partial charge in [0.2, 0.25) is 5.91 Å². The Morgan fingerprint density at radius 1 is 1.05 bits per heavy atom. The standard InChI is InChI=1S/C16H14ClNO/c17-12-6-8-13(9-7-12)18-16(19)15-10-14(15)11-4-2-1-3-5-11/h1-9,14-15H,10H2,(H,18,19). The number of nitrogens with one attached hydrogen (secondary N) is 1. The SMILES string of the molecule is O=C(Nc1ccc(Cl)cc1)C1CC1c1ccccc1. The molecular weight excluding hydrogens is 258 g/mol. The molecule has 1 N–H and O–H groups in total. The lowest BCUT2D eigenvalue weighted by atomic mass is 10.1. The van der Waals surface area contributed by atoms with Crippen molar-refractivity contribution in [2.45, 2.75) is 12.3 Å². The summed E-state index contributed by atoms with van der Waals surface area (Å²) in [5, 5.41) is 3.61. The normalized spacial score (nSPS) is 20.9. The Morgan fingerprint density at radius 3 is 2.42 bits per heavy atom. The molecule has 0 aromatic heterocycles. The van der Waals surface area contributed by atoms with Gasteiger partial charge in [0.15, 0.2) is 0 Å². The molecule has 0 heterocycles. The van der Waals surface area contributed by atoms with Crippen LogP contribution in [0.2, 0.25) is 5.02 Å². The van der Waals surface area contributed by atoms with Gasteiger partial charge in [0, 0.05) is 16.6 Å². The van der Waals surface area contributed by atoms with E-state index in [4.69, 9.17) is 11.6 Å². The smallest absolute Gasteiger partial charge is 0.228 e. The van der Waals surface area contributed by atoms with Crippen molar-refractivity contribution in [2.24, 2.45) is 5.92 Å². The van der Waals surface area contributed by atoms with Gasteiger partial charge in [-0.2, -0.15) is 0 Å². The highest BCUT2D eigenvalue weighted by atomic mass is 35.5. The molecule has 0 bridgehead atoms. The summed E-state index contributed by atoms with van der Waals surface area (Å²) in [7, 11) is 0. The lowest BCUT2D eigenvalue weighted by molar-refractivity contribution is -0.117. The van der Waals surface area contributed by atoms with Crippen LogP contribution in [0.25, 0.3) is 0 Å². The highest BCUT2D eigenvalue weighted by Gasteiger charge is 2.43. The fourth-order valence-corrected chi connectivity index (χ4v) is 2.45. The molecule has 2 nitrogen and oxygen atoms in total. The van der Waals surface area contributed by atoms with E-state index in [1.54, 1.807) is 12.1 Å². The first-order valence-electron chi connectivity index (χ1n) is 6.35. The van der Waals surface area contributed by atoms with E-state index < -0.39 is 0 Å². The summed E-state index contributed by atoms with van der Waals surface area (Å²) in [6.07, 6.45) is 0.934. The first-order valence-corrected chi connectivity index (χ1v) is 6.73. The maximum atomic E-state index is 12.1. The molecule has 96 valence electrons. The molecule has 0 radical (unpaired) electrons. The summed E-state index contributed by atoms with van der Waals surface area (Å²) in [5.74, 6) is 0.558. The van der Waals surface area contributed by atoms with Gasteiger partial charge < -0.3 is 5.32 Å². The molecule has 3 rings (SSSR count). The van der Waals surface area contributed by atoms with Gasteiger partial charge in [-0.05, 0) is 42.2 Å². The molecule has 1 fully saturated rings. The monoisotopic (exact) mass is 271 g/mol. The molecule has 0 spiro atoms. The summed E-state index contributed by atoms with van der Waals surface area (Å²) in [5.41, 5.74) is 2.05. The van der Waals surface area contributed by atoms with E-state index >= 15 is 0 Å². The molecule has 3 heteroatoms. The van der Waals surface area contributed by atoms with E-state index in [1.807, 2.05) is 30.3 Å². The fourth-order valence-electron chi connectivity index (χ4n) is 2.32. The summed E-state index contributed by atoms with van der Waals surface area (Å²) in [4.78, 5) is 12.1. The highest BCUT2D eigenvalue weighted by molar-refractivity contribution is 6.30. The minimum atomic E-state index is 0.0937. The zero-order chi connectivity index (χ0) is 13.2. The molecule has 2 aromatic carbocycles. The topological polar surface area (TPSA) is 29.1 Å². The second kappa shape index (κ2) is 5.06. The van der Waals surface area contributed by atoms with E-state index in [-0.39, 0.29) is 11.8 Å². The molecule has 0 aliphatic heterocycles. The zero-order valence-corrected chi connectivity index (χ0v) is 11.1. The quantitative estimate of drug-likeness (QED) is 0.895. The average molecular weight is 272 g/mol. The fraction of sp³-hybridized carbons (Fsp3) is 0.188. The Labute approximate surface area is 117 Å². The first kappa shape index (κ1) is 12.2. The van der Waals surface area contributed by atoms with Gasteiger partial charge in [0.25, 0.3) is 0 Å². The number of carbonyl (C=O) groups excluding carboxylic acids is 1. The number of hydrogen-bond donors (Lipinski definition) is 1. The second-order valence-electron chi connectivity index (χ2n) is 4.86. The number of anilines is 1. The highest BCUT2D eigenvalue weighted by Crippen LogP contribution is 2.47. The Balaban J connectivity index is 1.63. The number of halogens is 1. The molecule has 0 saturated heterocycles. The van der Waals surface area contributed by atoms with Gasteiger partial charge in [0.1, 0.15) is 0 Å². The van der Waals surface area contributed by atoms with Crippen molar-refractivity contribution in [3.05, 3.63) is 65.2 Å². The van der Waals surface area contributed by atoms with Crippen LogP contribution in [0.1, 0.15) is 17.9 Å². The van der Waals surface area contributed by atoms with Crippen LogP contribution in [0.5, 0.6) is 0 Å². The minimum Gasteiger partial charge on any atom is -0.326 e. The third kappa shape index (κ3) is 2.79. The third-order valence-electron chi connectivity index (χ3n) is 3.47. The molecule has 2 aromatic rings. The maximum absolute atomic E-state index is 12.1. The molecule has 1 saturated carbocycles. The number of benzene rings is 2. The third-order valence-corrected chi connectivity index (χ3v) is 3.72. The Hall–Kier alpha value is -1.80. The van der Waals surface area contributed by atoms with Crippen LogP contribution >= 0.6 is 11.6 Å². The maximum Gasteiger partial charge on any atom is 0.228 e. The summed E-state index contributed by atoms with van der Waals surface area (Å²) in [6.45, 7) is 0. The first-order chi connectivity index (χ1) is 9.24. The van der Waals surface area contributed by atoms with Crippen molar-refractivity contribution in [2.75, 3.05) is 5.32 Å². The summed E-state index contributed by atoms with van der Waals surface area (Å²) >= 11 is 5.81. The zero-order valence-electron chi connectivity index (χ0n) is 10.3. The number of rotatable bonds is 3. The van der Waals surface area contributed by atoms with Gasteiger partial charge in [-0.15, -0.1) is 0 Å². The molecule has 1 aliphatic rings. The van der Waals surface area contributed by atoms with E-state index in [1.165, 1.54) is 5.56 Å². The molecule has 1 aliphatic carbocycles. The van der Waals surface area contributed by atoms with Gasteiger partial charge in [-0.25, -0.2) is 0 Å². The van der Waals surface area contributed by atoms with Crippen LogP contribution in [0.3, 0.4) is 0 Å². The number of hydrogen-bond acceptors (Lipinski definition) is 1. The largest absolute Gasteiger partial charge is 0.326 e. The van der Waals surface area contributed by atoms with Crippen LogP contribution in [-0.4, -0.2) is 5.91 Å². The Bertz CT molecular complexity index is 579. The van der Waals surface area contributed by atoms with Gasteiger partial charge in [-0.3, -0.25) is 4.79 Å². The van der Waals surface area contributed by atoms with Crippen LogP contribution < -0.4 is 5.32 Å². The van der Waals surface area contributed by atoms with E-state index in [0.29, 0.717) is 10.9 Å². The van der Waals surface area contributed by atoms with E-state index in [2.05, 4.69) is 17.4 Å². The van der Waals surface area contributed by atoms with Gasteiger partial charge >= 0.3 is 0 Å². The second-order valence-corrected chi connectivity index (χ2v) is 5.29. The van der Waals surface area contributed by atoms with Crippen molar-refractivity contribution in [1.82, 2.24) is 0 Å². The lowest BCUT2D eigenvalue weighted by Crippen LogP contribution is -2.14. The van der Waals surface area contributed by atoms with Crippen molar-refractivity contribution in [1.29, 1.82) is 0 Å². The molecule has 19 heavy (non-hydrogen) atoms. The van der Waals surface area contributed by atoms with Crippen molar-refractivity contribution in [3.8, 4) is 0 Å². The predicted molar refractivity (Wildman–Crippen MR) is 77.4 cm³/mol. The van der Waals surface area contributed by atoms with Crippen molar-refractivity contribution < 1.29 is 4.79 Å². The average Bonchev–Trinajstić information content (AvgIpc) is 3.23. The molecule has 2 unspecified atom stereocenters.